The van der Waals surface area contributed by atoms with Gasteiger partial charge in [0.15, 0.2) is 0 Å². The summed E-state index contributed by atoms with van der Waals surface area (Å²) in [6, 6.07) is 27.5. The molecule has 0 aliphatic rings. The average Bonchev–Trinajstić information content (AvgIpc) is 3.01. The van der Waals surface area contributed by atoms with Gasteiger partial charge in [-0.25, -0.2) is 0 Å². The number of non-ortho nitro benzene ring substituents is 1. The van der Waals surface area contributed by atoms with Crippen LogP contribution >= 0.6 is 0 Å². The van der Waals surface area contributed by atoms with E-state index in [1.54, 1.807) is 14.2 Å². The van der Waals surface area contributed by atoms with E-state index in [9.17, 15) is 14.9 Å². The molecule has 4 rings (SSSR count). The fraction of sp³-hybridized carbons (Fsp3) is 0.242. The van der Waals surface area contributed by atoms with E-state index in [-0.39, 0.29) is 24.0 Å². The van der Waals surface area contributed by atoms with Gasteiger partial charge in [0.1, 0.15) is 17.2 Å². The lowest BCUT2D eigenvalue weighted by Crippen LogP contribution is -2.16. The molecule has 0 saturated carbocycles. The number of hydrogen-bond donors (Lipinski definition) is 0. The highest BCUT2D eigenvalue weighted by molar-refractivity contribution is 5.86. The largest absolute Gasteiger partial charge is 0.497 e. The van der Waals surface area contributed by atoms with Crippen molar-refractivity contribution in [1.29, 1.82) is 0 Å². The Morgan fingerprint density at radius 2 is 1.39 bits per heavy atom. The number of carbonyl (C=O) groups excluding carboxylic acids is 1. The molecule has 0 bridgehead atoms. The van der Waals surface area contributed by atoms with Gasteiger partial charge < -0.3 is 18.9 Å². The average molecular weight is 556 g/mol. The molecule has 8 nitrogen and oxygen atoms in total. The first-order chi connectivity index (χ1) is 19.9. The Labute approximate surface area is 239 Å². The first kappa shape index (κ1) is 29.3. The van der Waals surface area contributed by atoms with Crippen molar-refractivity contribution in [2.75, 3.05) is 14.2 Å². The van der Waals surface area contributed by atoms with E-state index in [2.05, 4.69) is 12.1 Å². The first-order valence-electron chi connectivity index (χ1n) is 13.4. The summed E-state index contributed by atoms with van der Waals surface area (Å²) < 4.78 is 22.4. The third kappa shape index (κ3) is 7.70. The monoisotopic (exact) mass is 555 g/mol. The van der Waals surface area contributed by atoms with Crippen molar-refractivity contribution in [1.82, 2.24) is 0 Å². The quantitative estimate of drug-likeness (QED) is 0.0724. The van der Waals surface area contributed by atoms with E-state index >= 15 is 0 Å². The van der Waals surface area contributed by atoms with E-state index in [1.165, 1.54) is 24.3 Å². The molecule has 4 aromatic carbocycles. The molecule has 0 fully saturated rings. The number of nitrogens with zero attached hydrogens (tertiary/aromatic N) is 1. The maximum atomic E-state index is 12.4. The summed E-state index contributed by atoms with van der Waals surface area (Å²) in [4.78, 5) is 22.8. The molecule has 41 heavy (non-hydrogen) atoms. The second-order valence-corrected chi connectivity index (χ2v) is 9.40. The molecule has 8 heteroatoms. The van der Waals surface area contributed by atoms with E-state index in [1.807, 2.05) is 61.5 Å². The number of methoxy groups -OCH3 is 2. The minimum absolute atomic E-state index is 0.0608. The minimum Gasteiger partial charge on any atom is -0.497 e. The highest BCUT2D eigenvalue weighted by atomic mass is 16.6. The van der Waals surface area contributed by atoms with Crippen molar-refractivity contribution >= 4 is 11.7 Å². The normalized spacial score (nSPS) is 11.5. The van der Waals surface area contributed by atoms with Crippen LogP contribution in [0.5, 0.6) is 17.2 Å². The number of ether oxygens (including phenoxy) is 4. The molecule has 0 heterocycles. The van der Waals surface area contributed by atoms with Gasteiger partial charge in [-0.2, -0.15) is 0 Å². The van der Waals surface area contributed by atoms with E-state index in [4.69, 9.17) is 18.9 Å². The van der Waals surface area contributed by atoms with Crippen molar-refractivity contribution in [2.45, 2.75) is 38.9 Å². The summed E-state index contributed by atoms with van der Waals surface area (Å²) in [7, 11) is 3.29. The summed E-state index contributed by atoms with van der Waals surface area (Å²) in [6.07, 6.45) is 1.21. The van der Waals surface area contributed by atoms with Gasteiger partial charge in [-0.05, 0) is 77.1 Å². The van der Waals surface area contributed by atoms with Crippen LogP contribution in [0.15, 0.2) is 91.0 Å². The molecule has 0 aliphatic carbocycles. The lowest BCUT2D eigenvalue weighted by atomic mass is 9.90. The predicted molar refractivity (Wildman–Crippen MR) is 157 cm³/mol. The Hall–Kier alpha value is -4.69. The molecule has 0 amide bonds. The second kappa shape index (κ2) is 14.1. The molecule has 0 aliphatic heterocycles. The first-order valence-corrected chi connectivity index (χ1v) is 13.4. The number of rotatable bonds is 13. The molecule has 0 spiro atoms. The summed E-state index contributed by atoms with van der Waals surface area (Å²) in [5.41, 5.74) is 5.19. The number of esters is 1. The molecule has 1 unspecified atom stereocenters. The van der Waals surface area contributed by atoms with Crippen LogP contribution in [0.1, 0.15) is 31.7 Å². The number of carbonyl (C=O) groups is 1. The summed E-state index contributed by atoms with van der Waals surface area (Å²) >= 11 is 0. The van der Waals surface area contributed by atoms with Crippen molar-refractivity contribution in [3.8, 4) is 39.5 Å². The Bertz CT molecular complexity index is 1450. The zero-order chi connectivity index (χ0) is 29.2. The zero-order valence-corrected chi connectivity index (χ0v) is 23.4. The molecule has 4 aromatic rings. The van der Waals surface area contributed by atoms with E-state index < -0.39 is 10.9 Å². The fourth-order valence-corrected chi connectivity index (χ4v) is 4.54. The Morgan fingerprint density at radius 1 is 0.805 bits per heavy atom. The van der Waals surface area contributed by atoms with Crippen molar-refractivity contribution in [2.24, 2.45) is 0 Å². The Kier molecular flexibility index (Phi) is 10.1. The van der Waals surface area contributed by atoms with Crippen molar-refractivity contribution in [3.63, 3.8) is 0 Å². The second-order valence-electron chi connectivity index (χ2n) is 9.40. The molecule has 1 atom stereocenters. The van der Waals surface area contributed by atoms with Gasteiger partial charge in [0.2, 0.25) is 0 Å². The summed E-state index contributed by atoms with van der Waals surface area (Å²) in [5, 5.41) is 10.8. The predicted octanol–water partition coefficient (Wildman–Crippen LogP) is 7.63. The molecule has 212 valence electrons. The molecule has 0 radical (unpaired) electrons. The van der Waals surface area contributed by atoms with Gasteiger partial charge in [0, 0.05) is 18.6 Å². The van der Waals surface area contributed by atoms with Crippen molar-refractivity contribution < 1.29 is 28.7 Å². The number of hydrogen-bond acceptors (Lipinski definition) is 7. The maximum absolute atomic E-state index is 12.4. The smallest absolute Gasteiger partial charge is 0.311 e. The van der Waals surface area contributed by atoms with Crippen LogP contribution in [-0.2, 0) is 16.1 Å². The third-order valence-electron chi connectivity index (χ3n) is 6.81. The number of benzene rings is 4. The lowest BCUT2D eigenvalue weighted by Gasteiger charge is -2.20. The van der Waals surface area contributed by atoms with Crippen LogP contribution in [-0.4, -0.2) is 31.2 Å². The van der Waals surface area contributed by atoms with Gasteiger partial charge >= 0.3 is 5.97 Å². The summed E-state index contributed by atoms with van der Waals surface area (Å²) in [5.74, 6) is 1.42. The highest BCUT2D eigenvalue weighted by Gasteiger charge is 2.17. The number of nitro benzene ring substituents is 1. The van der Waals surface area contributed by atoms with Crippen molar-refractivity contribution in [3.05, 3.63) is 107 Å². The molecule has 0 N–H and O–H groups in total. The van der Waals surface area contributed by atoms with Crippen LogP contribution in [0.3, 0.4) is 0 Å². The van der Waals surface area contributed by atoms with Crippen LogP contribution in [0.25, 0.3) is 22.3 Å². The Balaban J connectivity index is 1.48. The van der Waals surface area contributed by atoms with E-state index in [0.717, 1.165) is 45.7 Å². The van der Waals surface area contributed by atoms with Gasteiger partial charge in [-0.3, -0.25) is 14.9 Å². The highest BCUT2D eigenvalue weighted by Crippen LogP contribution is 2.37. The topological polar surface area (TPSA) is 97.1 Å². The van der Waals surface area contributed by atoms with Crippen LogP contribution in [0.4, 0.5) is 5.69 Å². The van der Waals surface area contributed by atoms with E-state index in [0.29, 0.717) is 13.0 Å². The maximum Gasteiger partial charge on any atom is 0.311 e. The molecule has 0 aromatic heterocycles. The van der Waals surface area contributed by atoms with Gasteiger partial charge in [-0.15, -0.1) is 0 Å². The third-order valence-corrected chi connectivity index (χ3v) is 6.81. The SMILES string of the molecule is CCC(CCC(=O)Oc1ccc([N+](=O)[O-])cc1)OCc1cccc(-c2ccc(OC)cc2)c1-c1ccc(OC)cc1. The minimum atomic E-state index is -0.498. The Morgan fingerprint density at radius 3 is 1.95 bits per heavy atom. The van der Waals surface area contributed by atoms with Crippen LogP contribution in [0, 0.1) is 10.1 Å². The van der Waals surface area contributed by atoms with Gasteiger partial charge in [0.25, 0.3) is 5.69 Å². The summed E-state index contributed by atoms with van der Waals surface area (Å²) in [6.45, 7) is 2.38. The number of nitro groups is 1. The molecule has 0 saturated heterocycles. The standard InChI is InChI=1S/C33H33NO7/c1-4-27(20-21-32(35)41-30-18-12-26(13-19-30)34(36)37)40-22-25-6-5-7-31(23-8-14-28(38-2)15-9-23)33(25)24-10-16-29(39-3)17-11-24/h5-19,27H,4,20-22H2,1-3H3. The molecular weight excluding hydrogens is 522 g/mol. The fourth-order valence-electron chi connectivity index (χ4n) is 4.54. The van der Waals surface area contributed by atoms with Crippen LogP contribution in [0.2, 0.25) is 0 Å². The van der Waals surface area contributed by atoms with Crippen LogP contribution < -0.4 is 14.2 Å². The zero-order valence-electron chi connectivity index (χ0n) is 23.4. The van der Waals surface area contributed by atoms with Gasteiger partial charge in [-0.1, -0.05) is 49.4 Å². The molecular formula is C33H33NO7. The lowest BCUT2D eigenvalue weighted by molar-refractivity contribution is -0.384. The van der Waals surface area contributed by atoms with Gasteiger partial charge in [0.05, 0.1) is 31.9 Å².